The van der Waals surface area contributed by atoms with Crippen molar-refractivity contribution in [3.8, 4) is 11.5 Å². The van der Waals surface area contributed by atoms with Gasteiger partial charge in [0, 0.05) is 12.6 Å². The molecule has 1 atom stereocenters. The molecule has 0 aliphatic rings. The number of benzene rings is 2. The van der Waals surface area contributed by atoms with E-state index in [-0.39, 0.29) is 11.4 Å². The van der Waals surface area contributed by atoms with E-state index in [0.717, 1.165) is 9.87 Å². The molecule has 1 unspecified atom stereocenters. The van der Waals surface area contributed by atoms with Gasteiger partial charge in [-0.15, -0.1) is 0 Å². The molecule has 27 heavy (non-hydrogen) atoms. The molecule has 7 nitrogen and oxygen atoms in total. The van der Waals surface area contributed by atoms with Gasteiger partial charge in [0.1, 0.15) is 11.5 Å². The van der Waals surface area contributed by atoms with E-state index in [2.05, 4.69) is 5.32 Å². The summed E-state index contributed by atoms with van der Waals surface area (Å²) in [6.45, 7) is 1.49. The minimum absolute atomic E-state index is 0.141. The van der Waals surface area contributed by atoms with Crippen molar-refractivity contribution < 1.29 is 22.7 Å². The molecule has 0 aliphatic heterocycles. The Morgan fingerprint density at radius 2 is 1.78 bits per heavy atom. The van der Waals surface area contributed by atoms with Crippen LogP contribution >= 0.6 is 0 Å². The largest absolute Gasteiger partial charge is 0.497 e. The number of hydrogen-bond donors (Lipinski definition) is 1. The number of methoxy groups -OCH3 is 2. The summed E-state index contributed by atoms with van der Waals surface area (Å²) in [7, 11) is 0.739. The maximum absolute atomic E-state index is 12.5. The van der Waals surface area contributed by atoms with Gasteiger partial charge in [-0.25, -0.2) is 8.42 Å². The highest BCUT2D eigenvalue weighted by atomic mass is 32.2. The first-order valence-electron chi connectivity index (χ1n) is 8.32. The Bertz CT molecular complexity index is 884. The third kappa shape index (κ3) is 4.99. The molecule has 1 N–H and O–H groups in total. The Kier molecular flexibility index (Phi) is 6.81. The van der Waals surface area contributed by atoms with Crippen molar-refractivity contribution in [3.63, 3.8) is 0 Å². The van der Waals surface area contributed by atoms with E-state index in [1.807, 2.05) is 0 Å². The van der Waals surface area contributed by atoms with Gasteiger partial charge in [-0.1, -0.05) is 18.2 Å². The first-order chi connectivity index (χ1) is 12.8. The van der Waals surface area contributed by atoms with Crippen LogP contribution in [0, 0.1) is 0 Å². The number of amides is 1. The van der Waals surface area contributed by atoms with E-state index in [1.54, 1.807) is 57.5 Å². The topological polar surface area (TPSA) is 84.9 Å². The highest BCUT2D eigenvalue weighted by Gasteiger charge is 2.24. The van der Waals surface area contributed by atoms with Crippen molar-refractivity contribution in [3.05, 3.63) is 54.1 Å². The molecule has 0 saturated carbocycles. The van der Waals surface area contributed by atoms with Crippen LogP contribution in [0.15, 0.2) is 53.4 Å². The fraction of sp³-hybridized carbons (Fsp3) is 0.316. The number of likely N-dealkylation sites (N-methyl/N-ethyl adjacent to an activating group) is 1. The predicted octanol–water partition coefficient (Wildman–Crippen LogP) is 2.20. The molecule has 8 heteroatoms. The highest BCUT2D eigenvalue weighted by Crippen LogP contribution is 2.29. The normalized spacial score (nSPS) is 12.5. The number of nitrogens with zero attached hydrogens (tertiary/aromatic N) is 1. The fourth-order valence-corrected chi connectivity index (χ4v) is 3.75. The van der Waals surface area contributed by atoms with Crippen LogP contribution in [0.5, 0.6) is 11.5 Å². The Morgan fingerprint density at radius 1 is 1.11 bits per heavy atom. The zero-order chi connectivity index (χ0) is 20.0. The van der Waals surface area contributed by atoms with Crippen LogP contribution in [0.1, 0.15) is 18.5 Å². The molecule has 0 aliphatic carbocycles. The second-order valence-electron chi connectivity index (χ2n) is 5.97. The summed E-state index contributed by atoms with van der Waals surface area (Å²) >= 11 is 0. The van der Waals surface area contributed by atoms with Gasteiger partial charge in [0.2, 0.25) is 15.9 Å². The first kappa shape index (κ1) is 20.7. The monoisotopic (exact) mass is 392 g/mol. The summed E-state index contributed by atoms with van der Waals surface area (Å²) < 4.78 is 36.6. The molecule has 0 bridgehead atoms. The number of nitrogens with one attached hydrogen (secondary N) is 1. The second kappa shape index (κ2) is 8.88. The zero-order valence-corrected chi connectivity index (χ0v) is 16.6. The third-order valence-electron chi connectivity index (χ3n) is 4.10. The number of ether oxygens (including phenoxy) is 2. The Hall–Kier alpha value is -2.58. The molecule has 0 fully saturated rings. The molecule has 0 radical (unpaired) electrons. The number of carbonyl (C=O) groups is 1. The number of hydrogen-bond acceptors (Lipinski definition) is 5. The molecule has 2 aromatic carbocycles. The molecule has 0 spiro atoms. The van der Waals surface area contributed by atoms with Crippen LogP contribution in [0.3, 0.4) is 0 Å². The molecular weight excluding hydrogens is 368 g/mol. The van der Waals surface area contributed by atoms with E-state index in [0.29, 0.717) is 11.5 Å². The molecular formula is C19H24N2O5S. The van der Waals surface area contributed by atoms with Crippen molar-refractivity contribution in [1.82, 2.24) is 9.62 Å². The second-order valence-corrected chi connectivity index (χ2v) is 8.02. The SMILES string of the molecule is COc1ccc(OC)c(C(C)NC(=O)CN(C)S(=O)(=O)c2ccccc2)c1. The summed E-state index contributed by atoms with van der Waals surface area (Å²) in [5, 5.41) is 2.80. The van der Waals surface area contributed by atoms with Gasteiger partial charge in [0.15, 0.2) is 0 Å². The lowest BCUT2D eigenvalue weighted by molar-refractivity contribution is -0.121. The van der Waals surface area contributed by atoms with E-state index in [4.69, 9.17) is 9.47 Å². The molecule has 146 valence electrons. The average molecular weight is 392 g/mol. The Labute approximate surface area is 160 Å². The van der Waals surface area contributed by atoms with Crippen LogP contribution in [0.2, 0.25) is 0 Å². The smallest absolute Gasteiger partial charge is 0.243 e. The molecule has 0 saturated heterocycles. The van der Waals surface area contributed by atoms with E-state index in [1.165, 1.54) is 19.2 Å². The number of carbonyl (C=O) groups excluding carboxylic acids is 1. The number of sulfonamides is 1. The lowest BCUT2D eigenvalue weighted by atomic mass is 10.1. The predicted molar refractivity (Wildman–Crippen MR) is 102 cm³/mol. The van der Waals surface area contributed by atoms with Crippen molar-refractivity contribution in [2.24, 2.45) is 0 Å². The van der Waals surface area contributed by atoms with Crippen LogP contribution in [0.25, 0.3) is 0 Å². The highest BCUT2D eigenvalue weighted by molar-refractivity contribution is 7.89. The summed E-state index contributed by atoms with van der Waals surface area (Å²) in [6.07, 6.45) is 0. The quantitative estimate of drug-likeness (QED) is 0.744. The molecule has 2 aromatic rings. The van der Waals surface area contributed by atoms with Gasteiger partial charge in [0.05, 0.1) is 31.7 Å². The lowest BCUT2D eigenvalue weighted by Gasteiger charge is -2.21. The minimum atomic E-state index is -3.73. The third-order valence-corrected chi connectivity index (χ3v) is 5.92. The zero-order valence-electron chi connectivity index (χ0n) is 15.8. The summed E-state index contributed by atoms with van der Waals surface area (Å²) in [5.74, 6) is 0.818. The van der Waals surface area contributed by atoms with Gasteiger partial charge in [-0.05, 0) is 37.3 Å². The lowest BCUT2D eigenvalue weighted by Crippen LogP contribution is -2.39. The van der Waals surface area contributed by atoms with Crippen molar-refractivity contribution >= 4 is 15.9 Å². The van der Waals surface area contributed by atoms with Gasteiger partial charge in [-0.3, -0.25) is 4.79 Å². The van der Waals surface area contributed by atoms with Crippen LogP contribution in [-0.4, -0.2) is 46.4 Å². The fourth-order valence-electron chi connectivity index (χ4n) is 2.60. The van der Waals surface area contributed by atoms with Crippen molar-refractivity contribution in [2.75, 3.05) is 27.8 Å². The van der Waals surface area contributed by atoms with Gasteiger partial charge in [-0.2, -0.15) is 4.31 Å². The maximum atomic E-state index is 12.5. The first-order valence-corrected chi connectivity index (χ1v) is 9.76. The standard InChI is InChI=1S/C19H24N2O5S/c1-14(17-12-15(25-3)10-11-18(17)26-4)20-19(22)13-21(2)27(23,24)16-8-6-5-7-9-16/h5-12,14H,13H2,1-4H3,(H,20,22). The molecule has 0 aromatic heterocycles. The van der Waals surface area contributed by atoms with Gasteiger partial charge >= 0.3 is 0 Å². The molecule has 0 heterocycles. The maximum Gasteiger partial charge on any atom is 0.243 e. The summed E-state index contributed by atoms with van der Waals surface area (Å²) in [4.78, 5) is 12.5. The average Bonchev–Trinajstić information content (AvgIpc) is 2.67. The minimum Gasteiger partial charge on any atom is -0.497 e. The van der Waals surface area contributed by atoms with Crippen LogP contribution < -0.4 is 14.8 Å². The summed E-state index contributed by atoms with van der Waals surface area (Å²) in [6, 6.07) is 12.9. The Morgan fingerprint density at radius 3 is 2.37 bits per heavy atom. The van der Waals surface area contributed by atoms with Gasteiger partial charge < -0.3 is 14.8 Å². The van der Waals surface area contributed by atoms with E-state index < -0.39 is 22.0 Å². The van der Waals surface area contributed by atoms with E-state index >= 15 is 0 Å². The van der Waals surface area contributed by atoms with Crippen LogP contribution in [-0.2, 0) is 14.8 Å². The van der Waals surface area contributed by atoms with Crippen molar-refractivity contribution in [1.29, 1.82) is 0 Å². The molecule has 1 amide bonds. The summed E-state index contributed by atoms with van der Waals surface area (Å²) in [5.41, 5.74) is 0.735. The van der Waals surface area contributed by atoms with Gasteiger partial charge in [0.25, 0.3) is 0 Å². The molecule has 2 rings (SSSR count). The van der Waals surface area contributed by atoms with E-state index in [9.17, 15) is 13.2 Å². The van der Waals surface area contributed by atoms with Crippen molar-refractivity contribution in [2.45, 2.75) is 17.9 Å². The van der Waals surface area contributed by atoms with Crippen LogP contribution in [0.4, 0.5) is 0 Å². The Balaban J connectivity index is 2.09. The number of rotatable bonds is 8.